The van der Waals surface area contributed by atoms with Gasteiger partial charge in [-0.25, -0.2) is 0 Å². The number of carbonyl (C=O) groups excluding carboxylic acids is 2. The minimum Gasteiger partial charge on any atom is -0.497 e. The molecule has 0 aliphatic carbocycles. The second-order valence-corrected chi connectivity index (χ2v) is 6.89. The van der Waals surface area contributed by atoms with Crippen molar-refractivity contribution in [3.8, 4) is 11.5 Å². The van der Waals surface area contributed by atoms with Crippen LogP contribution in [0.15, 0.2) is 42.5 Å². The molecule has 6 heteroatoms. The van der Waals surface area contributed by atoms with Crippen LogP contribution in [0, 0.1) is 0 Å². The van der Waals surface area contributed by atoms with Crippen LogP contribution in [0.2, 0.25) is 0 Å². The number of nitrogens with one attached hydrogen (secondary N) is 1. The SMILES string of the molecule is COc1ccc(OC)c([C@@H](C)NC(=O)Cc2ccc(N3CCCC3=O)cc2)c1. The Bertz CT molecular complexity index is 848. The Balaban J connectivity index is 1.63. The molecule has 1 heterocycles. The van der Waals surface area contributed by atoms with Crippen molar-refractivity contribution in [1.29, 1.82) is 0 Å². The maximum atomic E-state index is 12.5. The third kappa shape index (κ3) is 4.44. The number of carbonyl (C=O) groups is 2. The molecule has 1 N–H and O–H groups in total. The Morgan fingerprint density at radius 2 is 1.89 bits per heavy atom. The molecule has 1 fully saturated rings. The van der Waals surface area contributed by atoms with Gasteiger partial charge in [-0.3, -0.25) is 9.59 Å². The number of benzene rings is 2. The summed E-state index contributed by atoms with van der Waals surface area (Å²) in [6.07, 6.45) is 1.77. The molecule has 0 aromatic heterocycles. The average Bonchev–Trinajstić information content (AvgIpc) is 3.13. The van der Waals surface area contributed by atoms with Crippen molar-refractivity contribution in [2.24, 2.45) is 0 Å². The lowest BCUT2D eigenvalue weighted by Gasteiger charge is -2.19. The first kappa shape index (κ1) is 19.7. The fourth-order valence-electron chi connectivity index (χ4n) is 3.45. The minimum atomic E-state index is -0.223. The lowest BCUT2D eigenvalue weighted by atomic mass is 10.1. The number of amides is 2. The number of rotatable bonds is 7. The van der Waals surface area contributed by atoms with E-state index in [1.54, 1.807) is 19.1 Å². The van der Waals surface area contributed by atoms with E-state index in [1.807, 2.05) is 49.4 Å². The fourth-order valence-corrected chi connectivity index (χ4v) is 3.45. The number of hydrogen-bond donors (Lipinski definition) is 1. The normalized spacial score (nSPS) is 14.7. The molecule has 2 amide bonds. The number of hydrogen-bond acceptors (Lipinski definition) is 4. The van der Waals surface area contributed by atoms with Gasteiger partial charge in [0.05, 0.1) is 26.7 Å². The molecule has 0 radical (unpaired) electrons. The summed E-state index contributed by atoms with van der Waals surface area (Å²) in [4.78, 5) is 26.1. The van der Waals surface area contributed by atoms with Crippen molar-refractivity contribution >= 4 is 17.5 Å². The highest BCUT2D eigenvalue weighted by Gasteiger charge is 2.21. The summed E-state index contributed by atoms with van der Waals surface area (Å²) in [6.45, 7) is 2.68. The molecule has 0 spiro atoms. The second-order valence-electron chi connectivity index (χ2n) is 6.89. The highest BCUT2D eigenvalue weighted by Crippen LogP contribution is 2.29. The predicted octanol–water partition coefficient (Wildman–Crippen LogP) is 3.25. The first-order valence-corrected chi connectivity index (χ1v) is 9.42. The molecule has 0 unspecified atom stereocenters. The Hall–Kier alpha value is -3.02. The van der Waals surface area contributed by atoms with Crippen LogP contribution in [0.1, 0.15) is 36.9 Å². The summed E-state index contributed by atoms with van der Waals surface area (Å²) >= 11 is 0. The number of nitrogens with zero attached hydrogens (tertiary/aromatic N) is 1. The zero-order valence-corrected chi connectivity index (χ0v) is 16.5. The molecule has 6 nitrogen and oxygen atoms in total. The average molecular weight is 382 g/mol. The van der Waals surface area contributed by atoms with Gasteiger partial charge in [-0.15, -0.1) is 0 Å². The van der Waals surface area contributed by atoms with E-state index in [1.165, 1.54) is 0 Å². The summed E-state index contributed by atoms with van der Waals surface area (Å²) < 4.78 is 10.7. The largest absolute Gasteiger partial charge is 0.497 e. The quantitative estimate of drug-likeness (QED) is 0.798. The number of methoxy groups -OCH3 is 2. The molecule has 1 saturated heterocycles. The van der Waals surface area contributed by atoms with Crippen LogP contribution >= 0.6 is 0 Å². The van der Waals surface area contributed by atoms with Gasteiger partial charge >= 0.3 is 0 Å². The molecule has 2 aromatic carbocycles. The summed E-state index contributed by atoms with van der Waals surface area (Å²) in [5.41, 5.74) is 2.65. The fraction of sp³-hybridized carbons (Fsp3) is 0.364. The summed E-state index contributed by atoms with van der Waals surface area (Å²) in [6, 6.07) is 12.9. The number of anilines is 1. The van der Waals surface area contributed by atoms with Crippen LogP contribution in [0.3, 0.4) is 0 Å². The van der Waals surface area contributed by atoms with Gasteiger partial charge in [0.25, 0.3) is 0 Å². The summed E-state index contributed by atoms with van der Waals surface area (Å²) in [7, 11) is 3.21. The standard InChI is InChI=1S/C22H26N2O4/c1-15(19-14-18(27-2)10-11-20(19)28-3)23-21(25)13-16-6-8-17(9-7-16)24-12-4-5-22(24)26/h6-11,14-15H,4-5,12-13H2,1-3H3,(H,23,25)/t15-/m1/s1. The minimum absolute atomic E-state index is 0.0811. The number of ether oxygens (including phenoxy) is 2. The highest BCUT2D eigenvalue weighted by atomic mass is 16.5. The van der Waals surface area contributed by atoms with Gasteiger partial charge in [-0.2, -0.15) is 0 Å². The van der Waals surface area contributed by atoms with Crippen LogP contribution in [-0.4, -0.2) is 32.6 Å². The lowest BCUT2D eigenvalue weighted by molar-refractivity contribution is -0.121. The Morgan fingerprint density at radius 1 is 1.14 bits per heavy atom. The Kier molecular flexibility index (Phi) is 6.19. The molecule has 0 bridgehead atoms. The molecule has 28 heavy (non-hydrogen) atoms. The molecular formula is C22H26N2O4. The Labute approximate surface area is 165 Å². The van der Waals surface area contributed by atoms with E-state index in [9.17, 15) is 9.59 Å². The van der Waals surface area contributed by atoms with E-state index in [2.05, 4.69) is 5.32 Å². The smallest absolute Gasteiger partial charge is 0.227 e. The van der Waals surface area contributed by atoms with Gasteiger partial charge in [0.1, 0.15) is 11.5 Å². The zero-order chi connectivity index (χ0) is 20.1. The lowest BCUT2D eigenvalue weighted by Crippen LogP contribution is -2.28. The molecule has 1 aliphatic rings. The predicted molar refractivity (Wildman–Crippen MR) is 108 cm³/mol. The van der Waals surface area contributed by atoms with Gasteiger partial charge in [0.15, 0.2) is 0 Å². The van der Waals surface area contributed by atoms with Crippen molar-refractivity contribution in [3.63, 3.8) is 0 Å². The van der Waals surface area contributed by atoms with E-state index < -0.39 is 0 Å². The molecule has 1 atom stereocenters. The zero-order valence-electron chi connectivity index (χ0n) is 16.5. The third-order valence-corrected chi connectivity index (χ3v) is 4.97. The van der Waals surface area contributed by atoms with Gasteiger partial charge < -0.3 is 19.7 Å². The molecule has 1 aliphatic heterocycles. The summed E-state index contributed by atoms with van der Waals surface area (Å²) in [5, 5.41) is 3.01. The maximum Gasteiger partial charge on any atom is 0.227 e. The van der Waals surface area contributed by atoms with Gasteiger partial charge in [-0.1, -0.05) is 12.1 Å². The van der Waals surface area contributed by atoms with Crippen molar-refractivity contribution in [1.82, 2.24) is 5.32 Å². The van der Waals surface area contributed by atoms with E-state index in [0.29, 0.717) is 17.9 Å². The van der Waals surface area contributed by atoms with Crippen LogP contribution in [0.4, 0.5) is 5.69 Å². The molecule has 148 valence electrons. The maximum absolute atomic E-state index is 12.5. The third-order valence-electron chi connectivity index (χ3n) is 4.97. The van der Waals surface area contributed by atoms with E-state index >= 15 is 0 Å². The van der Waals surface area contributed by atoms with E-state index in [4.69, 9.17) is 9.47 Å². The van der Waals surface area contributed by atoms with Gasteiger partial charge in [0, 0.05) is 24.2 Å². The first-order valence-electron chi connectivity index (χ1n) is 9.42. The van der Waals surface area contributed by atoms with Gasteiger partial charge in [0.2, 0.25) is 11.8 Å². The van der Waals surface area contributed by atoms with Crippen molar-refractivity contribution in [3.05, 3.63) is 53.6 Å². The Morgan fingerprint density at radius 3 is 2.50 bits per heavy atom. The van der Waals surface area contributed by atoms with Crippen LogP contribution in [0.25, 0.3) is 0 Å². The van der Waals surface area contributed by atoms with Crippen molar-refractivity contribution in [2.75, 3.05) is 25.7 Å². The first-order chi connectivity index (χ1) is 13.5. The molecular weight excluding hydrogens is 356 g/mol. The monoisotopic (exact) mass is 382 g/mol. The topological polar surface area (TPSA) is 67.9 Å². The molecule has 0 saturated carbocycles. The van der Waals surface area contributed by atoms with Crippen molar-refractivity contribution in [2.45, 2.75) is 32.2 Å². The van der Waals surface area contributed by atoms with Crippen LogP contribution < -0.4 is 19.7 Å². The summed E-state index contributed by atoms with van der Waals surface area (Å²) in [5.74, 6) is 1.49. The van der Waals surface area contributed by atoms with Gasteiger partial charge in [-0.05, 0) is 49.2 Å². The molecule has 2 aromatic rings. The van der Waals surface area contributed by atoms with Crippen molar-refractivity contribution < 1.29 is 19.1 Å². The molecule has 3 rings (SSSR count). The van der Waals surface area contributed by atoms with Crippen LogP contribution in [0.5, 0.6) is 11.5 Å². The second kappa shape index (κ2) is 8.78. The van der Waals surface area contributed by atoms with E-state index in [0.717, 1.165) is 29.8 Å². The van der Waals surface area contributed by atoms with Crippen LogP contribution in [-0.2, 0) is 16.0 Å². The van der Waals surface area contributed by atoms with E-state index in [-0.39, 0.29) is 24.3 Å². The highest BCUT2D eigenvalue weighted by molar-refractivity contribution is 5.95.